The molecule has 4 heteroatoms. The number of nitrogens with zero attached hydrogens (tertiary/aromatic N) is 2. The maximum atomic E-state index is 5.97. The number of benzene rings is 1. The molecule has 0 atom stereocenters. The van der Waals surface area contributed by atoms with Gasteiger partial charge in [0.25, 0.3) is 0 Å². The van der Waals surface area contributed by atoms with Gasteiger partial charge in [0.15, 0.2) is 0 Å². The topological polar surface area (TPSA) is 27.1 Å². The Bertz CT molecular complexity index is 611. The highest BCUT2D eigenvalue weighted by Gasteiger charge is 2.39. The molecule has 0 spiro atoms. The molecule has 2 aromatic rings. The van der Waals surface area contributed by atoms with Gasteiger partial charge in [-0.25, -0.2) is 4.98 Å². The van der Waals surface area contributed by atoms with Crippen molar-refractivity contribution in [3.05, 3.63) is 24.0 Å². The van der Waals surface area contributed by atoms with E-state index in [1.807, 2.05) is 12.1 Å². The fourth-order valence-electron chi connectivity index (χ4n) is 3.33. The van der Waals surface area contributed by atoms with Crippen LogP contribution in [0.25, 0.3) is 11.0 Å². The highest BCUT2D eigenvalue weighted by Crippen LogP contribution is 2.45. The third kappa shape index (κ3) is 1.99. The fourth-order valence-corrected chi connectivity index (χ4v) is 3.50. The quantitative estimate of drug-likeness (QED) is 0.775. The summed E-state index contributed by atoms with van der Waals surface area (Å²) in [4.78, 5) is 4.80. The van der Waals surface area contributed by atoms with Gasteiger partial charge in [-0.2, -0.15) is 0 Å². The summed E-state index contributed by atoms with van der Waals surface area (Å²) in [6.07, 6.45) is 5.74. The van der Waals surface area contributed by atoms with Crippen LogP contribution in [0, 0.1) is 0 Å². The molecule has 0 bridgehead atoms. The Balaban J connectivity index is 2.21. The molecule has 1 fully saturated rings. The lowest BCUT2D eigenvalue weighted by Crippen LogP contribution is -2.41. The SMILES string of the molecule is CCC1(n2c(CCCl)nc3ccc(OC)cc32)CCC1. The standard InChI is InChI=1S/C16H21ClN2O/c1-3-16(8-4-9-16)19-14-11-12(20-2)5-6-13(14)18-15(19)7-10-17/h5-6,11H,3-4,7-10H2,1-2H3. The zero-order valence-corrected chi connectivity index (χ0v) is 12.9. The van der Waals surface area contributed by atoms with Gasteiger partial charge in [-0.3, -0.25) is 0 Å². The van der Waals surface area contributed by atoms with Gasteiger partial charge in [-0.05, 0) is 37.8 Å². The number of ether oxygens (including phenoxy) is 1. The van der Waals surface area contributed by atoms with E-state index in [9.17, 15) is 0 Å². The number of fused-ring (bicyclic) bond motifs is 1. The Labute approximate surface area is 124 Å². The van der Waals surface area contributed by atoms with Crippen molar-refractivity contribution in [1.82, 2.24) is 9.55 Å². The van der Waals surface area contributed by atoms with Gasteiger partial charge >= 0.3 is 0 Å². The average Bonchev–Trinajstić information content (AvgIpc) is 2.77. The molecule has 1 aromatic heterocycles. The second-order valence-corrected chi connectivity index (χ2v) is 5.97. The molecule has 0 radical (unpaired) electrons. The van der Waals surface area contributed by atoms with Crippen LogP contribution in [-0.4, -0.2) is 22.5 Å². The van der Waals surface area contributed by atoms with E-state index in [4.69, 9.17) is 21.3 Å². The Morgan fingerprint density at radius 1 is 1.40 bits per heavy atom. The number of hydrogen-bond acceptors (Lipinski definition) is 2. The first-order valence-electron chi connectivity index (χ1n) is 7.36. The normalized spacial score (nSPS) is 17.1. The van der Waals surface area contributed by atoms with Crippen molar-refractivity contribution in [1.29, 1.82) is 0 Å². The van der Waals surface area contributed by atoms with Gasteiger partial charge in [0.2, 0.25) is 0 Å². The van der Waals surface area contributed by atoms with Crippen LogP contribution < -0.4 is 4.74 Å². The summed E-state index contributed by atoms with van der Waals surface area (Å²) in [7, 11) is 1.71. The average molecular weight is 293 g/mol. The predicted molar refractivity (Wildman–Crippen MR) is 82.8 cm³/mol. The van der Waals surface area contributed by atoms with E-state index in [2.05, 4.69) is 17.6 Å². The summed E-state index contributed by atoms with van der Waals surface area (Å²) in [5.41, 5.74) is 2.47. The molecule has 1 saturated carbocycles. The second-order valence-electron chi connectivity index (χ2n) is 5.59. The number of imidazole rings is 1. The zero-order valence-electron chi connectivity index (χ0n) is 12.2. The first-order valence-corrected chi connectivity index (χ1v) is 7.89. The largest absolute Gasteiger partial charge is 0.497 e. The van der Waals surface area contributed by atoms with Crippen molar-refractivity contribution < 1.29 is 4.74 Å². The number of rotatable bonds is 5. The molecule has 1 aromatic carbocycles. The van der Waals surface area contributed by atoms with E-state index in [0.29, 0.717) is 5.88 Å². The molecular formula is C16H21ClN2O. The van der Waals surface area contributed by atoms with E-state index >= 15 is 0 Å². The molecule has 1 heterocycles. The summed E-state index contributed by atoms with van der Waals surface area (Å²) in [5, 5.41) is 0. The van der Waals surface area contributed by atoms with Gasteiger partial charge in [0.05, 0.1) is 18.1 Å². The van der Waals surface area contributed by atoms with E-state index in [-0.39, 0.29) is 5.54 Å². The second kappa shape index (κ2) is 5.28. The van der Waals surface area contributed by atoms with Crippen LogP contribution >= 0.6 is 11.6 Å². The number of halogens is 1. The van der Waals surface area contributed by atoms with Gasteiger partial charge in [0.1, 0.15) is 11.6 Å². The highest BCUT2D eigenvalue weighted by atomic mass is 35.5. The summed E-state index contributed by atoms with van der Waals surface area (Å²) in [6, 6.07) is 6.13. The molecule has 108 valence electrons. The van der Waals surface area contributed by atoms with Crippen LogP contribution in [0.2, 0.25) is 0 Å². The Hall–Kier alpha value is -1.22. The van der Waals surface area contributed by atoms with Crippen LogP contribution in [0.3, 0.4) is 0 Å². The molecule has 1 aliphatic rings. The molecule has 0 aliphatic heterocycles. The van der Waals surface area contributed by atoms with Crippen LogP contribution in [0.1, 0.15) is 38.4 Å². The van der Waals surface area contributed by atoms with Crippen LogP contribution in [0.5, 0.6) is 5.75 Å². The minimum Gasteiger partial charge on any atom is -0.497 e. The van der Waals surface area contributed by atoms with Crippen molar-refractivity contribution in [3.63, 3.8) is 0 Å². The predicted octanol–water partition coefficient (Wildman–Crippen LogP) is 4.12. The van der Waals surface area contributed by atoms with E-state index in [1.165, 1.54) is 24.8 Å². The molecule has 0 amide bonds. The maximum Gasteiger partial charge on any atom is 0.121 e. The lowest BCUT2D eigenvalue weighted by Gasteiger charge is -2.44. The molecule has 20 heavy (non-hydrogen) atoms. The molecule has 3 nitrogen and oxygen atoms in total. The van der Waals surface area contributed by atoms with Crippen molar-refractivity contribution in [2.75, 3.05) is 13.0 Å². The molecule has 3 rings (SSSR count). The molecule has 0 saturated heterocycles. The molecule has 0 unspecified atom stereocenters. The van der Waals surface area contributed by atoms with Crippen LogP contribution in [-0.2, 0) is 12.0 Å². The van der Waals surface area contributed by atoms with E-state index in [0.717, 1.165) is 29.9 Å². The monoisotopic (exact) mass is 292 g/mol. The van der Waals surface area contributed by atoms with Crippen LogP contribution in [0.4, 0.5) is 0 Å². The van der Waals surface area contributed by atoms with Crippen molar-refractivity contribution in [3.8, 4) is 5.75 Å². The van der Waals surface area contributed by atoms with Crippen molar-refractivity contribution >= 4 is 22.6 Å². The van der Waals surface area contributed by atoms with Gasteiger partial charge in [-0.15, -0.1) is 11.6 Å². The Morgan fingerprint density at radius 3 is 2.75 bits per heavy atom. The van der Waals surface area contributed by atoms with Gasteiger partial charge < -0.3 is 9.30 Å². The summed E-state index contributed by atoms with van der Waals surface area (Å²) in [5.74, 6) is 2.62. The highest BCUT2D eigenvalue weighted by molar-refractivity contribution is 6.17. The minimum atomic E-state index is 0.239. The van der Waals surface area contributed by atoms with Crippen molar-refractivity contribution in [2.24, 2.45) is 0 Å². The maximum absolute atomic E-state index is 5.97. The number of aryl methyl sites for hydroxylation is 1. The Kier molecular flexibility index (Phi) is 3.63. The summed E-state index contributed by atoms with van der Waals surface area (Å²) < 4.78 is 7.82. The first kappa shape index (κ1) is 13.7. The molecule has 1 aliphatic carbocycles. The summed E-state index contributed by atoms with van der Waals surface area (Å²) >= 11 is 5.97. The zero-order chi connectivity index (χ0) is 14.2. The fraction of sp³-hybridized carbons (Fsp3) is 0.562. The molecule has 0 N–H and O–H groups in total. The third-order valence-electron chi connectivity index (χ3n) is 4.67. The Morgan fingerprint density at radius 2 is 2.20 bits per heavy atom. The number of hydrogen-bond donors (Lipinski definition) is 0. The molecular weight excluding hydrogens is 272 g/mol. The summed E-state index contributed by atoms with van der Waals surface area (Å²) in [6.45, 7) is 2.27. The number of alkyl halides is 1. The third-order valence-corrected chi connectivity index (χ3v) is 4.85. The number of methoxy groups -OCH3 is 1. The van der Waals surface area contributed by atoms with Gasteiger partial charge in [0, 0.05) is 23.9 Å². The minimum absolute atomic E-state index is 0.239. The number of aromatic nitrogens is 2. The van der Waals surface area contributed by atoms with E-state index < -0.39 is 0 Å². The smallest absolute Gasteiger partial charge is 0.121 e. The lowest BCUT2D eigenvalue weighted by molar-refractivity contribution is 0.137. The van der Waals surface area contributed by atoms with Gasteiger partial charge in [-0.1, -0.05) is 6.92 Å². The van der Waals surface area contributed by atoms with E-state index in [1.54, 1.807) is 7.11 Å². The van der Waals surface area contributed by atoms with Crippen molar-refractivity contribution in [2.45, 2.75) is 44.6 Å². The first-order chi connectivity index (χ1) is 9.74. The lowest BCUT2D eigenvalue weighted by atomic mass is 9.74. The van der Waals surface area contributed by atoms with Crippen LogP contribution in [0.15, 0.2) is 18.2 Å².